The summed E-state index contributed by atoms with van der Waals surface area (Å²) in [6.07, 6.45) is 7.21. The Balaban J connectivity index is 1.50. The molecule has 0 bridgehead atoms. The second-order valence-electron chi connectivity index (χ2n) is 5.91. The van der Waals surface area contributed by atoms with Gasteiger partial charge in [0.05, 0.1) is 0 Å². The van der Waals surface area contributed by atoms with Crippen LogP contribution in [0.4, 0.5) is 5.82 Å². The summed E-state index contributed by atoms with van der Waals surface area (Å²) >= 11 is 0. The van der Waals surface area contributed by atoms with E-state index < -0.39 is 0 Å². The van der Waals surface area contributed by atoms with Gasteiger partial charge in [0.1, 0.15) is 12.1 Å². The first-order valence-corrected chi connectivity index (χ1v) is 7.65. The Bertz CT molecular complexity index is 619. The molecule has 2 aromatic rings. The van der Waals surface area contributed by atoms with Gasteiger partial charge in [-0.25, -0.2) is 9.67 Å². The first-order valence-electron chi connectivity index (χ1n) is 7.65. The van der Waals surface area contributed by atoms with Crippen molar-refractivity contribution in [1.82, 2.24) is 25.2 Å². The van der Waals surface area contributed by atoms with Crippen LogP contribution in [0.25, 0.3) is 0 Å². The SMILES string of the molecule is Cc1cccnc1NC(=O)C1CCC(Cn2cnnn2)CC1. The van der Waals surface area contributed by atoms with Gasteiger partial charge in [-0.15, -0.1) is 5.10 Å². The summed E-state index contributed by atoms with van der Waals surface area (Å²) < 4.78 is 1.77. The topological polar surface area (TPSA) is 85.6 Å². The molecule has 2 aromatic heterocycles. The molecule has 0 saturated heterocycles. The molecule has 0 aromatic carbocycles. The number of pyridine rings is 1. The normalized spacial score (nSPS) is 21.5. The van der Waals surface area contributed by atoms with Crippen molar-refractivity contribution in [1.29, 1.82) is 0 Å². The maximum absolute atomic E-state index is 12.4. The van der Waals surface area contributed by atoms with Gasteiger partial charge in [0.15, 0.2) is 0 Å². The van der Waals surface area contributed by atoms with E-state index >= 15 is 0 Å². The molecule has 22 heavy (non-hydrogen) atoms. The number of tetrazole rings is 1. The maximum Gasteiger partial charge on any atom is 0.228 e. The van der Waals surface area contributed by atoms with E-state index in [1.807, 2.05) is 19.1 Å². The van der Waals surface area contributed by atoms with Gasteiger partial charge in [-0.1, -0.05) is 6.07 Å². The monoisotopic (exact) mass is 300 g/mol. The highest BCUT2D eigenvalue weighted by Gasteiger charge is 2.27. The Morgan fingerprint density at radius 2 is 2.18 bits per heavy atom. The lowest BCUT2D eigenvalue weighted by atomic mass is 9.81. The van der Waals surface area contributed by atoms with Crippen molar-refractivity contribution in [3.8, 4) is 0 Å². The summed E-state index contributed by atoms with van der Waals surface area (Å²) in [4.78, 5) is 16.6. The lowest BCUT2D eigenvalue weighted by molar-refractivity contribution is -0.121. The Morgan fingerprint density at radius 3 is 2.86 bits per heavy atom. The molecule has 1 aliphatic carbocycles. The number of amides is 1. The van der Waals surface area contributed by atoms with Crippen LogP contribution in [0, 0.1) is 18.8 Å². The van der Waals surface area contributed by atoms with E-state index in [0.29, 0.717) is 11.7 Å². The molecule has 2 heterocycles. The smallest absolute Gasteiger partial charge is 0.228 e. The largest absolute Gasteiger partial charge is 0.310 e. The summed E-state index contributed by atoms with van der Waals surface area (Å²) in [5.41, 5.74) is 0.989. The van der Waals surface area contributed by atoms with Crippen molar-refractivity contribution in [3.05, 3.63) is 30.2 Å². The summed E-state index contributed by atoms with van der Waals surface area (Å²) in [7, 11) is 0. The summed E-state index contributed by atoms with van der Waals surface area (Å²) in [6.45, 7) is 2.78. The highest BCUT2D eigenvalue weighted by atomic mass is 16.1. The molecule has 116 valence electrons. The highest BCUT2D eigenvalue weighted by Crippen LogP contribution is 2.30. The Kier molecular flexibility index (Phi) is 4.41. The van der Waals surface area contributed by atoms with Crippen LogP contribution in [0.2, 0.25) is 0 Å². The number of rotatable bonds is 4. The van der Waals surface area contributed by atoms with Crippen molar-refractivity contribution in [2.24, 2.45) is 11.8 Å². The summed E-state index contributed by atoms with van der Waals surface area (Å²) in [6, 6.07) is 3.82. The van der Waals surface area contributed by atoms with Crippen LogP contribution >= 0.6 is 0 Å². The maximum atomic E-state index is 12.4. The Labute approximate surface area is 129 Å². The van der Waals surface area contributed by atoms with E-state index in [9.17, 15) is 4.79 Å². The molecular weight excluding hydrogens is 280 g/mol. The minimum Gasteiger partial charge on any atom is -0.310 e. The lowest BCUT2D eigenvalue weighted by Crippen LogP contribution is -2.29. The number of aryl methyl sites for hydroxylation is 1. The van der Waals surface area contributed by atoms with Crippen molar-refractivity contribution in [3.63, 3.8) is 0 Å². The van der Waals surface area contributed by atoms with E-state index in [0.717, 1.165) is 37.8 Å². The third-order valence-corrected chi connectivity index (χ3v) is 4.31. The molecule has 7 heteroatoms. The number of anilines is 1. The zero-order valence-corrected chi connectivity index (χ0v) is 12.6. The van der Waals surface area contributed by atoms with Crippen LogP contribution in [0.15, 0.2) is 24.7 Å². The van der Waals surface area contributed by atoms with Crippen LogP contribution in [0.5, 0.6) is 0 Å². The van der Waals surface area contributed by atoms with E-state index in [1.54, 1.807) is 17.2 Å². The fourth-order valence-corrected chi connectivity index (χ4v) is 2.97. The molecule has 1 amide bonds. The molecular formula is C15H20N6O. The van der Waals surface area contributed by atoms with Crippen LogP contribution in [-0.2, 0) is 11.3 Å². The quantitative estimate of drug-likeness (QED) is 0.931. The Hall–Kier alpha value is -2.31. The lowest BCUT2D eigenvalue weighted by Gasteiger charge is -2.27. The van der Waals surface area contributed by atoms with Gasteiger partial charge in [0.2, 0.25) is 5.91 Å². The van der Waals surface area contributed by atoms with Crippen molar-refractivity contribution < 1.29 is 4.79 Å². The third-order valence-electron chi connectivity index (χ3n) is 4.31. The number of carbonyl (C=O) groups is 1. The van der Waals surface area contributed by atoms with Crippen LogP contribution in [-0.4, -0.2) is 31.1 Å². The van der Waals surface area contributed by atoms with Crippen LogP contribution in [0.1, 0.15) is 31.2 Å². The molecule has 1 aliphatic rings. The molecule has 0 spiro atoms. The average molecular weight is 300 g/mol. The number of nitrogens with zero attached hydrogens (tertiary/aromatic N) is 5. The summed E-state index contributed by atoms with van der Waals surface area (Å²) in [5.74, 6) is 1.38. The standard InChI is InChI=1S/C15H20N6O/c1-11-3-2-8-16-14(11)18-15(22)13-6-4-12(5-7-13)9-21-10-17-19-20-21/h2-3,8,10,12-13H,4-7,9H2,1H3,(H,16,18,22). The number of hydrogen-bond donors (Lipinski definition) is 1. The van der Waals surface area contributed by atoms with Gasteiger partial charge in [0.25, 0.3) is 0 Å². The number of carbonyl (C=O) groups excluding carboxylic acids is 1. The minimum absolute atomic E-state index is 0.0755. The van der Waals surface area contributed by atoms with Gasteiger partial charge in [-0.2, -0.15) is 0 Å². The molecule has 0 radical (unpaired) electrons. The number of hydrogen-bond acceptors (Lipinski definition) is 5. The molecule has 1 N–H and O–H groups in total. The van der Waals surface area contributed by atoms with Gasteiger partial charge in [-0.05, 0) is 60.6 Å². The second-order valence-corrected chi connectivity index (χ2v) is 5.91. The summed E-state index contributed by atoms with van der Waals surface area (Å²) in [5, 5.41) is 14.1. The molecule has 1 fully saturated rings. The molecule has 0 atom stereocenters. The van der Waals surface area contributed by atoms with Gasteiger partial charge in [0, 0.05) is 18.7 Å². The van der Waals surface area contributed by atoms with Crippen molar-refractivity contribution in [2.75, 3.05) is 5.32 Å². The molecule has 0 aliphatic heterocycles. The first kappa shape index (κ1) is 14.6. The van der Waals surface area contributed by atoms with Crippen LogP contribution < -0.4 is 5.32 Å². The van der Waals surface area contributed by atoms with E-state index in [2.05, 4.69) is 25.8 Å². The third kappa shape index (κ3) is 3.47. The van der Waals surface area contributed by atoms with Crippen molar-refractivity contribution in [2.45, 2.75) is 39.2 Å². The molecule has 0 unspecified atom stereocenters. The molecule has 3 rings (SSSR count). The van der Waals surface area contributed by atoms with Gasteiger partial charge < -0.3 is 5.32 Å². The Morgan fingerprint density at radius 1 is 1.36 bits per heavy atom. The molecule has 7 nitrogen and oxygen atoms in total. The van der Waals surface area contributed by atoms with E-state index in [1.165, 1.54) is 0 Å². The highest BCUT2D eigenvalue weighted by molar-refractivity contribution is 5.92. The first-order chi connectivity index (χ1) is 10.7. The fraction of sp³-hybridized carbons (Fsp3) is 0.533. The van der Waals surface area contributed by atoms with Crippen LogP contribution in [0.3, 0.4) is 0 Å². The number of nitrogens with one attached hydrogen (secondary N) is 1. The zero-order valence-electron chi connectivity index (χ0n) is 12.6. The predicted octanol–water partition coefficient (Wildman–Crippen LogP) is 1.82. The van der Waals surface area contributed by atoms with Gasteiger partial charge in [-0.3, -0.25) is 4.79 Å². The van der Waals surface area contributed by atoms with E-state index in [-0.39, 0.29) is 11.8 Å². The minimum atomic E-state index is 0.0755. The number of aromatic nitrogens is 5. The fourth-order valence-electron chi connectivity index (χ4n) is 2.97. The second kappa shape index (κ2) is 6.64. The molecule has 1 saturated carbocycles. The van der Waals surface area contributed by atoms with Crippen molar-refractivity contribution >= 4 is 11.7 Å². The zero-order chi connectivity index (χ0) is 15.4. The van der Waals surface area contributed by atoms with E-state index in [4.69, 9.17) is 0 Å². The predicted molar refractivity (Wildman–Crippen MR) is 80.9 cm³/mol. The van der Waals surface area contributed by atoms with Gasteiger partial charge >= 0.3 is 0 Å². The average Bonchev–Trinajstić information content (AvgIpc) is 3.03.